The van der Waals surface area contributed by atoms with Crippen molar-refractivity contribution in [2.24, 2.45) is 0 Å². The summed E-state index contributed by atoms with van der Waals surface area (Å²) in [4.78, 5) is 0. The first-order valence-corrected chi connectivity index (χ1v) is 9.44. The van der Waals surface area contributed by atoms with Gasteiger partial charge in [0.25, 0.3) is 12.5 Å². The van der Waals surface area contributed by atoms with Crippen molar-refractivity contribution < 1.29 is 28.4 Å². The quantitative estimate of drug-likeness (QED) is 0.352. The Balaban J connectivity index is 3.80. The molecular formula is C19H34N2O6. The first kappa shape index (κ1) is 25.4. The molecule has 8 nitrogen and oxygen atoms in total. The topological polar surface area (TPSA) is 103 Å². The predicted molar refractivity (Wildman–Crippen MR) is 98.6 cm³/mol. The summed E-state index contributed by atoms with van der Waals surface area (Å²) in [5, 5.41) is 17.0. The Labute approximate surface area is 163 Å². The smallest absolute Gasteiger partial charge is 0.286 e. The van der Waals surface area contributed by atoms with Crippen LogP contribution in [0.1, 0.15) is 47.5 Å². The average Bonchev–Trinajstić information content (AvgIpc) is 2.63. The summed E-state index contributed by atoms with van der Waals surface area (Å²) in [6.45, 7) is 11.6. The Kier molecular flexibility index (Phi) is 15.6. The molecule has 8 heteroatoms. The van der Waals surface area contributed by atoms with Gasteiger partial charge in [-0.2, -0.15) is 10.5 Å². The molecule has 0 aliphatic carbocycles. The molecule has 27 heavy (non-hydrogen) atoms. The van der Waals surface area contributed by atoms with Crippen molar-refractivity contribution in [1.82, 2.24) is 0 Å². The van der Waals surface area contributed by atoms with Crippen molar-refractivity contribution in [2.45, 2.75) is 78.0 Å². The Morgan fingerprint density at radius 1 is 0.667 bits per heavy atom. The number of ether oxygens (including phenoxy) is 6. The van der Waals surface area contributed by atoms with Gasteiger partial charge in [-0.3, -0.25) is 0 Å². The van der Waals surface area contributed by atoms with Crippen LogP contribution < -0.4 is 0 Å². The molecule has 0 amide bonds. The minimum absolute atomic E-state index is 0.0824. The van der Waals surface area contributed by atoms with E-state index < -0.39 is 0 Å². The van der Waals surface area contributed by atoms with E-state index in [1.165, 1.54) is 0 Å². The van der Waals surface area contributed by atoms with E-state index in [4.69, 9.17) is 38.9 Å². The van der Waals surface area contributed by atoms with Crippen LogP contribution in [0.25, 0.3) is 0 Å². The fourth-order valence-corrected chi connectivity index (χ4v) is 2.11. The average molecular weight is 386 g/mol. The normalized spacial score (nSPS) is 16.4. The molecule has 5 unspecified atom stereocenters. The van der Waals surface area contributed by atoms with Crippen LogP contribution in [-0.4, -0.2) is 63.6 Å². The highest BCUT2D eigenvalue weighted by atomic mass is 16.6. The lowest BCUT2D eigenvalue weighted by molar-refractivity contribution is -0.0900. The third-order valence-electron chi connectivity index (χ3n) is 3.59. The van der Waals surface area contributed by atoms with Crippen molar-refractivity contribution in [2.75, 3.05) is 33.0 Å². The maximum Gasteiger partial charge on any atom is 0.286 e. The van der Waals surface area contributed by atoms with Gasteiger partial charge in [0, 0.05) is 0 Å². The van der Waals surface area contributed by atoms with E-state index in [0.717, 1.165) is 12.8 Å². The molecule has 0 aromatic carbocycles. The Morgan fingerprint density at radius 3 is 1.63 bits per heavy atom. The van der Waals surface area contributed by atoms with Crippen LogP contribution >= 0.6 is 0 Å². The molecular weight excluding hydrogens is 352 g/mol. The zero-order chi connectivity index (χ0) is 20.5. The summed E-state index contributed by atoms with van der Waals surface area (Å²) in [5.41, 5.74) is 0. The molecule has 0 bridgehead atoms. The van der Waals surface area contributed by atoms with E-state index in [1.807, 2.05) is 27.7 Å². The fraction of sp³-hybridized carbons (Fsp3) is 0.895. The van der Waals surface area contributed by atoms with Gasteiger partial charge in [0.2, 0.25) is 0 Å². The van der Waals surface area contributed by atoms with Gasteiger partial charge in [0.1, 0.15) is 12.2 Å². The van der Waals surface area contributed by atoms with E-state index >= 15 is 0 Å². The third-order valence-corrected chi connectivity index (χ3v) is 3.59. The minimum atomic E-state index is -0.269. The highest BCUT2D eigenvalue weighted by molar-refractivity contribution is 4.63. The van der Waals surface area contributed by atoms with E-state index in [2.05, 4.69) is 0 Å². The number of hydrogen-bond donors (Lipinski definition) is 0. The molecule has 0 rings (SSSR count). The summed E-state index contributed by atoms with van der Waals surface area (Å²) in [5.74, 6) is 0. The second-order valence-electron chi connectivity index (χ2n) is 6.61. The summed E-state index contributed by atoms with van der Waals surface area (Å²) in [7, 11) is 0. The molecule has 0 heterocycles. The highest BCUT2D eigenvalue weighted by Crippen LogP contribution is 2.05. The van der Waals surface area contributed by atoms with Crippen LogP contribution in [-0.2, 0) is 28.4 Å². The van der Waals surface area contributed by atoms with Crippen molar-refractivity contribution in [3.63, 3.8) is 0 Å². The first-order chi connectivity index (χ1) is 12.9. The molecule has 0 saturated heterocycles. The van der Waals surface area contributed by atoms with Gasteiger partial charge in [-0.1, -0.05) is 13.3 Å². The van der Waals surface area contributed by atoms with Crippen molar-refractivity contribution >= 4 is 0 Å². The third kappa shape index (κ3) is 15.2. The monoisotopic (exact) mass is 386 g/mol. The molecule has 0 radical (unpaired) electrons. The van der Waals surface area contributed by atoms with Crippen molar-refractivity contribution in [1.29, 1.82) is 10.5 Å². The fourth-order valence-electron chi connectivity index (χ4n) is 2.11. The van der Waals surface area contributed by atoms with Gasteiger partial charge in [-0.05, 0) is 34.1 Å². The lowest BCUT2D eigenvalue weighted by Gasteiger charge is -2.21. The highest BCUT2D eigenvalue weighted by Gasteiger charge is 2.13. The summed E-state index contributed by atoms with van der Waals surface area (Å²) in [6.07, 6.45) is 4.34. The number of nitriles is 2. The molecule has 0 aliphatic rings. The Hall–Kier alpha value is -1.58. The minimum Gasteiger partial charge on any atom is -0.422 e. The second-order valence-corrected chi connectivity index (χ2v) is 6.61. The van der Waals surface area contributed by atoms with Crippen LogP contribution in [0.15, 0.2) is 0 Å². The summed E-state index contributed by atoms with van der Waals surface area (Å²) >= 11 is 0. The molecule has 0 fully saturated rings. The molecule has 0 saturated carbocycles. The van der Waals surface area contributed by atoms with Crippen LogP contribution in [0.4, 0.5) is 0 Å². The lowest BCUT2D eigenvalue weighted by atomic mass is 10.2. The van der Waals surface area contributed by atoms with Gasteiger partial charge < -0.3 is 28.4 Å². The van der Waals surface area contributed by atoms with E-state index in [0.29, 0.717) is 33.0 Å². The molecule has 0 aromatic heterocycles. The summed E-state index contributed by atoms with van der Waals surface area (Å²) < 4.78 is 32.2. The molecule has 5 atom stereocenters. The van der Waals surface area contributed by atoms with Crippen LogP contribution in [0, 0.1) is 23.0 Å². The Bertz CT molecular complexity index is 437. The van der Waals surface area contributed by atoms with E-state index in [1.54, 1.807) is 19.4 Å². The molecule has 0 N–H and O–H groups in total. The van der Waals surface area contributed by atoms with Gasteiger partial charge in [-0.25, -0.2) is 0 Å². The maximum atomic E-state index is 8.60. The second kappa shape index (κ2) is 16.6. The molecule has 0 aromatic rings. The van der Waals surface area contributed by atoms with Crippen LogP contribution in [0.5, 0.6) is 0 Å². The largest absolute Gasteiger partial charge is 0.422 e. The summed E-state index contributed by atoms with van der Waals surface area (Å²) in [6, 6.07) is 0. The van der Waals surface area contributed by atoms with Gasteiger partial charge >= 0.3 is 0 Å². The van der Waals surface area contributed by atoms with Gasteiger partial charge in [-0.15, -0.1) is 0 Å². The van der Waals surface area contributed by atoms with E-state index in [9.17, 15) is 0 Å². The number of hydrogen-bond acceptors (Lipinski definition) is 8. The van der Waals surface area contributed by atoms with Crippen molar-refractivity contribution in [3.8, 4) is 12.5 Å². The van der Waals surface area contributed by atoms with Crippen LogP contribution in [0.2, 0.25) is 0 Å². The zero-order valence-corrected chi connectivity index (χ0v) is 17.2. The predicted octanol–water partition coefficient (Wildman–Crippen LogP) is 2.77. The first-order valence-electron chi connectivity index (χ1n) is 9.44. The van der Waals surface area contributed by atoms with Crippen molar-refractivity contribution in [3.05, 3.63) is 0 Å². The maximum absolute atomic E-state index is 8.60. The SMILES string of the molecule is CCCC(COCC(C)OCC(C)OCC(C)OCC(C)OC#N)OC#N. The molecule has 0 aliphatic heterocycles. The zero-order valence-electron chi connectivity index (χ0n) is 17.2. The number of rotatable bonds is 17. The lowest BCUT2D eigenvalue weighted by Crippen LogP contribution is -2.28. The molecule has 156 valence electrons. The standard InChI is InChI=1S/C19H34N2O6/c1-6-7-19(27-14-21)12-22-8-15(2)23-9-16(3)24-10-17(4)25-11-18(5)26-13-20/h15-19H,6-12H2,1-5H3. The molecule has 0 spiro atoms. The van der Waals surface area contributed by atoms with Gasteiger partial charge in [0.05, 0.1) is 51.3 Å². The van der Waals surface area contributed by atoms with Crippen LogP contribution in [0.3, 0.4) is 0 Å². The number of nitrogens with zero attached hydrogens (tertiary/aromatic N) is 2. The van der Waals surface area contributed by atoms with Gasteiger partial charge in [0.15, 0.2) is 0 Å². The van der Waals surface area contributed by atoms with E-state index in [-0.39, 0.29) is 30.5 Å². The Morgan fingerprint density at radius 2 is 1.15 bits per heavy atom.